The van der Waals surface area contributed by atoms with Crippen molar-refractivity contribution in [1.29, 1.82) is 0 Å². The van der Waals surface area contributed by atoms with Gasteiger partial charge < -0.3 is 10.6 Å². The minimum Gasteiger partial charge on any atom is -0.397 e. The summed E-state index contributed by atoms with van der Waals surface area (Å²) in [6.07, 6.45) is 4.48. The van der Waals surface area contributed by atoms with E-state index in [2.05, 4.69) is 6.07 Å². The van der Waals surface area contributed by atoms with Gasteiger partial charge in [0.25, 0.3) is 5.91 Å². The number of hydrogen-bond acceptors (Lipinski definition) is 4. The predicted molar refractivity (Wildman–Crippen MR) is 103 cm³/mol. The zero-order valence-electron chi connectivity index (χ0n) is 14.3. The van der Waals surface area contributed by atoms with E-state index in [1.807, 2.05) is 37.4 Å². The van der Waals surface area contributed by atoms with E-state index in [9.17, 15) is 4.79 Å². The van der Waals surface area contributed by atoms with Crippen molar-refractivity contribution in [2.75, 3.05) is 12.8 Å². The maximum absolute atomic E-state index is 12.9. The summed E-state index contributed by atoms with van der Waals surface area (Å²) in [6.45, 7) is 0.567. The monoisotopic (exact) mass is 351 g/mol. The molecule has 1 amide bonds. The summed E-state index contributed by atoms with van der Waals surface area (Å²) in [5, 5.41) is 0.933. The van der Waals surface area contributed by atoms with Gasteiger partial charge >= 0.3 is 0 Å². The van der Waals surface area contributed by atoms with Gasteiger partial charge in [-0.25, -0.2) is 4.98 Å². The number of thiophene rings is 1. The number of benzene rings is 1. The highest BCUT2D eigenvalue weighted by atomic mass is 32.1. The third-order valence-electron chi connectivity index (χ3n) is 4.80. The number of aromatic nitrogens is 1. The Kier molecular flexibility index (Phi) is 4.17. The van der Waals surface area contributed by atoms with Crippen LogP contribution in [-0.2, 0) is 19.4 Å². The molecule has 128 valence electrons. The highest BCUT2D eigenvalue weighted by Gasteiger charge is 2.22. The molecule has 5 heteroatoms. The lowest BCUT2D eigenvalue weighted by atomic mass is 9.95. The van der Waals surface area contributed by atoms with E-state index in [0.717, 1.165) is 28.6 Å². The molecule has 2 heterocycles. The zero-order chi connectivity index (χ0) is 17.4. The van der Waals surface area contributed by atoms with Crippen LogP contribution < -0.4 is 5.73 Å². The van der Waals surface area contributed by atoms with Gasteiger partial charge in [-0.05, 0) is 42.9 Å². The van der Waals surface area contributed by atoms with Crippen LogP contribution in [-0.4, -0.2) is 22.8 Å². The van der Waals surface area contributed by atoms with Gasteiger partial charge in [-0.1, -0.05) is 30.3 Å². The second-order valence-corrected chi connectivity index (χ2v) is 7.64. The Morgan fingerprint density at radius 3 is 2.80 bits per heavy atom. The summed E-state index contributed by atoms with van der Waals surface area (Å²) in [6, 6.07) is 12.1. The van der Waals surface area contributed by atoms with Crippen molar-refractivity contribution in [2.45, 2.75) is 32.2 Å². The van der Waals surface area contributed by atoms with Crippen molar-refractivity contribution in [1.82, 2.24) is 9.88 Å². The van der Waals surface area contributed by atoms with Crippen LogP contribution in [0.15, 0.2) is 36.4 Å². The van der Waals surface area contributed by atoms with Crippen molar-refractivity contribution in [3.63, 3.8) is 0 Å². The number of rotatable bonds is 3. The quantitative estimate of drug-likeness (QED) is 0.775. The lowest BCUT2D eigenvalue weighted by Crippen LogP contribution is -2.26. The molecule has 0 saturated heterocycles. The molecule has 0 spiro atoms. The van der Waals surface area contributed by atoms with Crippen LogP contribution >= 0.6 is 11.3 Å². The van der Waals surface area contributed by atoms with E-state index in [1.165, 1.54) is 35.4 Å². The molecule has 0 aliphatic heterocycles. The maximum atomic E-state index is 12.9. The van der Waals surface area contributed by atoms with Gasteiger partial charge in [-0.15, -0.1) is 11.3 Å². The van der Waals surface area contributed by atoms with Crippen LogP contribution in [0.1, 0.15) is 39.3 Å². The van der Waals surface area contributed by atoms with Gasteiger partial charge in [0, 0.05) is 24.7 Å². The molecule has 0 radical (unpaired) electrons. The van der Waals surface area contributed by atoms with Crippen LogP contribution in [0, 0.1) is 0 Å². The normalized spacial score (nSPS) is 13.6. The number of nitrogens with zero attached hydrogens (tertiary/aromatic N) is 2. The lowest BCUT2D eigenvalue weighted by Gasteiger charge is -2.16. The van der Waals surface area contributed by atoms with Crippen LogP contribution in [0.2, 0.25) is 0 Å². The standard InChI is InChI=1S/C20H21N3OS/c1-23(12-13-7-3-2-4-8-13)20(24)18-17(21)15-11-14-9-5-6-10-16(14)22-19(15)25-18/h2-4,7-8,11H,5-6,9-10,12,21H2,1H3. The number of aryl methyl sites for hydroxylation is 2. The van der Waals surface area contributed by atoms with Crippen LogP contribution in [0.4, 0.5) is 5.69 Å². The topological polar surface area (TPSA) is 59.2 Å². The largest absolute Gasteiger partial charge is 0.397 e. The summed E-state index contributed by atoms with van der Waals surface area (Å²) >= 11 is 1.42. The van der Waals surface area contributed by atoms with Crippen molar-refractivity contribution in [3.05, 3.63) is 58.1 Å². The third-order valence-corrected chi connectivity index (χ3v) is 5.91. The van der Waals surface area contributed by atoms with Crippen molar-refractivity contribution >= 4 is 33.1 Å². The average molecular weight is 351 g/mol. The van der Waals surface area contributed by atoms with Crippen LogP contribution in [0.5, 0.6) is 0 Å². The first-order valence-corrected chi connectivity index (χ1v) is 9.45. The van der Waals surface area contributed by atoms with E-state index in [1.54, 1.807) is 4.90 Å². The molecule has 2 N–H and O–H groups in total. The van der Waals surface area contributed by atoms with Crippen molar-refractivity contribution in [2.24, 2.45) is 0 Å². The number of fused-ring (bicyclic) bond motifs is 2. The lowest BCUT2D eigenvalue weighted by molar-refractivity contribution is 0.0791. The Hall–Kier alpha value is -2.40. The fourth-order valence-electron chi connectivity index (χ4n) is 3.42. The van der Waals surface area contributed by atoms with Gasteiger partial charge in [0.2, 0.25) is 0 Å². The third kappa shape index (κ3) is 3.00. The predicted octanol–water partition coefficient (Wildman–Crippen LogP) is 4.03. The molecule has 3 aromatic rings. The van der Waals surface area contributed by atoms with Crippen LogP contribution in [0.3, 0.4) is 0 Å². The van der Waals surface area contributed by atoms with E-state index in [4.69, 9.17) is 10.7 Å². The summed E-state index contributed by atoms with van der Waals surface area (Å²) in [7, 11) is 1.82. The minimum absolute atomic E-state index is 0.0395. The molecule has 4 rings (SSSR count). The first kappa shape index (κ1) is 16.1. The highest BCUT2D eigenvalue weighted by Crippen LogP contribution is 2.36. The molecule has 0 atom stereocenters. The van der Waals surface area contributed by atoms with E-state index in [-0.39, 0.29) is 5.91 Å². The molecule has 1 aromatic carbocycles. The number of anilines is 1. The number of amides is 1. The molecular weight excluding hydrogens is 330 g/mol. The smallest absolute Gasteiger partial charge is 0.266 e. The zero-order valence-corrected chi connectivity index (χ0v) is 15.1. The van der Waals surface area contributed by atoms with Gasteiger partial charge in [0.1, 0.15) is 9.71 Å². The highest BCUT2D eigenvalue weighted by molar-refractivity contribution is 7.21. The van der Waals surface area contributed by atoms with Crippen molar-refractivity contribution in [3.8, 4) is 0 Å². The maximum Gasteiger partial charge on any atom is 0.266 e. The number of carbonyl (C=O) groups excluding carboxylic acids is 1. The molecule has 0 saturated carbocycles. The summed E-state index contributed by atoms with van der Waals surface area (Å²) in [4.78, 5) is 20.9. The molecule has 0 unspecified atom stereocenters. The van der Waals surface area contributed by atoms with Gasteiger partial charge in [0.05, 0.1) is 5.69 Å². The van der Waals surface area contributed by atoms with E-state index in [0.29, 0.717) is 17.1 Å². The second kappa shape index (κ2) is 6.48. The molecular formula is C20H21N3OS. The molecule has 1 aliphatic carbocycles. The Morgan fingerprint density at radius 2 is 2.00 bits per heavy atom. The fraction of sp³-hybridized carbons (Fsp3) is 0.300. The molecule has 0 fully saturated rings. The first-order chi connectivity index (χ1) is 12.1. The Morgan fingerprint density at radius 1 is 1.24 bits per heavy atom. The number of hydrogen-bond donors (Lipinski definition) is 1. The average Bonchev–Trinajstić information content (AvgIpc) is 2.96. The minimum atomic E-state index is -0.0395. The molecule has 2 aromatic heterocycles. The summed E-state index contributed by atoms with van der Waals surface area (Å²) in [5.74, 6) is -0.0395. The number of nitrogen functional groups attached to an aromatic ring is 1. The fourth-order valence-corrected chi connectivity index (χ4v) is 4.51. The van der Waals surface area contributed by atoms with Gasteiger partial charge in [0.15, 0.2) is 0 Å². The summed E-state index contributed by atoms with van der Waals surface area (Å²) < 4.78 is 0. The molecule has 25 heavy (non-hydrogen) atoms. The second-order valence-electron chi connectivity index (χ2n) is 6.65. The number of pyridine rings is 1. The van der Waals surface area contributed by atoms with Gasteiger partial charge in [-0.3, -0.25) is 4.79 Å². The first-order valence-electron chi connectivity index (χ1n) is 8.63. The Balaban J connectivity index is 1.66. The molecule has 4 nitrogen and oxygen atoms in total. The summed E-state index contributed by atoms with van der Waals surface area (Å²) in [5.41, 5.74) is 10.5. The van der Waals surface area contributed by atoms with Crippen molar-refractivity contribution < 1.29 is 4.79 Å². The Bertz CT molecular complexity index is 933. The number of nitrogens with two attached hydrogens (primary N) is 1. The van der Waals surface area contributed by atoms with E-state index < -0.39 is 0 Å². The SMILES string of the molecule is CN(Cc1ccccc1)C(=O)c1sc2nc3c(cc2c1N)CCCC3. The van der Waals surface area contributed by atoms with Gasteiger partial charge in [-0.2, -0.15) is 0 Å². The molecule has 0 bridgehead atoms. The Labute approximate surface area is 151 Å². The van der Waals surface area contributed by atoms with Crippen LogP contribution in [0.25, 0.3) is 10.2 Å². The number of carbonyl (C=O) groups is 1. The van der Waals surface area contributed by atoms with E-state index >= 15 is 0 Å². The molecule has 1 aliphatic rings.